The van der Waals surface area contributed by atoms with E-state index in [2.05, 4.69) is 93.0 Å². The van der Waals surface area contributed by atoms with Gasteiger partial charge in [0.05, 0.1) is 0 Å². The topological polar surface area (TPSA) is 24.9 Å². The molecular formula is C17H20BrIN2. The minimum atomic E-state index is 0.291. The molecule has 0 amide bonds. The van der Waals surface area contributed by atoms with Crippen LogP contribution >= 0.6 is 38.5 Å². The maximum atomic E-state index is 4.60. The molecule has 0 aliphatic carbocycles. The number of nitrogens with one attached hydrogen (secondary N) is 1. The maximum absolute atomic E-state index is 4.60. The minimum absolute atomic E-state index is 0.291. The van der Waals surface area contributed by atoms with Gasteiger partial charge in [-0.3, -0.25) is 4.98 Å². The number of pyridine rings is 1. The molecule has 1 unspecified atom stereocenters. The molecule has 1 atom stereocenters. The van der Waals surface area contributed by atoms with Crippen molar-refractivity contribution in [2.45, 2.75) is 32.7 Å². The summed E-state index contributed by atoms with van der Waals surface area (Å²) in [5.41, 5.74) is 3.75. The summed E-state index contributed by atoms with van der Waals surface area (Å²) in [6.45, 7) is 5.24. The Kier molecular flexibility index (Phi) is 6.64. The molecule has 1 aromatic carbocycles. The lowest BCUT2D eigenvalue weighted by molar-refractivity contribution is 0.541. The van der Waals surface area contributed by atoms with Gasteiger partial charge in [0, 0.05) is 32.4 Å². The van der Waals surface area contributed by atoms with Crippen molar-refractivity contribution in [3.63, 3.8) is 0 Å². The van der Waals surface area contributed by atoms with Crippen LogP contribution in [0, 0.1) is 3.57 Å². The van der Waals surface area contributed by atoms with Gasteiger partial charge in [-0.2, -0.15) is 0 Å². The molecule has 0 saturated carbocycles. The fourth-order valence-corrected chi connectivity index (χ4v) is 3.40. The van der Waals surface area contributed by atoms with Crippen molar-refractivity contribution in [3.05, 3.63) is 61.4 Å². The molecule has 0 fully saturated rings. The zero-order chi connectivity index (χ0) is 15.2. The van der Waals surface area contributed by atoms with Gasteiger partial charge in [0.15, 0.2) is 0 Å². The Labute approximate surface area is 149 Å². The van der Waals surface area contributed by atoms with Gasteiger partial charge in [0.1, 0.15) is 0 Å². The number of aromatic nitrogens is 1. The minimum Gasteiger partial charge on any atom is -0.310 e. The number of halogens is 2. The quantitative estimate of drug-likeness (QED) is 0.622. The molecule has 0 aliphatic heterocycles. The van der Waals surface area contributed by atoms with Crippen molar-refractivity contribution in [1.82, 2.24) is 10.3 Å². The first-order valence-corrected chi connectivity index (χ1v) is 9.13. The van der Waals surface area contributed by atoms with Crippen molar-refractivity contribution in [1.29, 1.82) is 0 Å². The van der Waals surface area contributed by atoms with Crippen LogP contribution in [-0.4, -0.2) is 11.5 Å². The molecule has 0 saturated heterocycles. The van der Waals surface area contributed by atoms with E-state index in [4.69, 9.17) is 0 Å². The molecule has 0 spiro atoms. The molecule has 0 bridgehead atoms. The van der Waals surface area contributed by atoms with Crippen LogP contribution < -0.4 is 5.32 Å². The lowest BCUT2D eigenvalue weighted by Crippen LogP contribution is -2.24. The summed E-state index contributed by atoms with van der Waals surface area (Å²) in [6.07, 6.45) is 3.93. The highest BCUT2D eigenvalue weighted by atomic mass is 127. The molecule has 1 N–H and O–H groups in total. The second-order valence-electron chi connectivity index (χ2n) is 4.99. The molecule has 1 heterocycles. The second kappa shape index (κ2) is 8.25. The van der Waals surface area contributed by atoms with Gasteiger partial charge < -0.3 is 5.32 Å². The maximum Gasteiger partial charge on any atom is 0.0422 e. The van der Waals surface area contributed by atoms with Crippen LogP contribution in [-0.2, 0) is 12.8 Å². The number of aryl methyl sites for hydroxylation is 1. The Balaban J connectivity index is 2.23. The fraction of sp³-hybridized carbons (Fsp3) is 0.353. The van der Waals surface area contributed by atoms with E-state index in [9.17, 15) is 0 Å². The van der Waals surface area contributed by atoms with Crippen molar-refractivity contribution in [2.24, 2.45) is 0 Å². The number of hydrogen-bond donors (Lipinski definition) is 1. The number of hydrogen-bond acceptors (Lipinski definition) is 2. The van der Waals surface area contributed by atoms with Gasteiger partial charge in [-0.15, -0.1) is 0 Å². The summed E-state index contributed by atoms with van der Waals surface area (Å²) in [7, 11) is 0. The van der Waals surface area contributed by atoms with Gasteiger partial charge in [0.25, 0.3) is 0 Å². The Morgan fingerprint density at radius 2 is 2.05 bits per heavy atom. The highest BCUT2D eigenvalue weighted by molar-refractivity contribution is 14.1. The van der Waals surface area contributed by atoms with Crippen molar-refractivity contribution >= 4 is 38.5 Å². The Morgan fingerprint density at radius 3 is 2.67 bits per heavy atom. The van der Waals surface area contributed by atoms with E-state index in [1.165, 1.54) is 14.7 Å². The first-order chi connectivity index (χ1) is 10.1. The number of nitrogens with zero attached hydrogens (tertiary/aromatic N) is 1. The smallest absolute Gasteiger partial charge is 0.0422 e. The Morgan fingerprint density at radius 1 is 1.24 bits per heavy atom. The standard InChI is InChI=1S/C17H20BrIN2/c1-3-12-5-7-14(21-11-12)10-17(20-4-2)15-9-13(18)6-8-16(15)19/h5-9,11,17,20H,3-4,10H2,1-2H3. The summed E-state index contributed by atoms with van der Waals surface area (Å²) in [5.74, 6) is 0. The van der Waals surface area contributed by atoms with E-state index in [1.807, 2.05) is 6.20 Å². The van der Waals surface area contributed by atoms with E-state index in [1.54, 1.807) is 0 Å². The summed E-state index contributed by atoms with van der Waals surface area (Å²) < 4.78 is 2.40. The molecule has 0 aliphatic rings. The highest BCUT2D eigenvalue weighted by Gasteiger charge is 2.15. The van der Waals surface area contributed by atoms with E-state index in [0.29, 0.717) is 6.04 Å². The van der Waals surface area contributed by atoms with Crippen molar-refractivity contribution in [3.8, 4) is 0 Å². The van der Waals surface area contributed by atoms with Crippen molar-refractivity contribution in [2.75, 3.05) is 6.54 Å². The summed E-state index contributed by atoms with van der Waals surface area (Å²) in [6, 6.07) is 11.1. The first kappa shape index (κ1) is 16.9. The van der Waals surface area contributed by atoms with E-state index in [-0.39, 0.29) is 0 Å². The third-order valence-corrected chi connectivity index (χ3v) is 4.97. The molecule has 1 aromatic heterocycles. The molecule has 4 heteroatoms. The fourth-order valence-electron chi connectivity index (χ4n) is 2.31. The third-order valence-electron chi connectivity index (χ3n) is 3.49. The third kappa shape index (κ3) is 4.76. The van der Waals surface area contributed by atoms with Crippen LogP contribution in [0.5, 0.6) is 0 Å². The van der Waals surface area contributed by atoms with E-state index >= 15 is 0 Å². The first-order valence-electron chi connectivity index (χ1n) is 7.26. The lowest BCUT2D eigenvalue weighted by atomic mass is 10.0. The molecule has 0 radical (unpaired) electrons. The Hall–Kier alpha value is -0.460. The van der Waals surface area contributed by atoms with Crippen molar-refractivity contribution < 1.29 is 0 Å². The van der Waals surface area contributed by atoms with Gasteiger partial charge in [0.2, 0.25) is 0 Å². The molecule has 2 aromatic rings. The van der Waals surface area contributed by atoms with E-state index in [0.717, 1.165) is 29.6 Å². The predicted octanol–water partition coefficient (Wildman–Crippen LogP) is 4.90. The zero-order valence-electron chi connectivity index (χ0n) is 12.4. The molecule has 112 valence electrons. The average molecular weight is 459 g/mol. The van der Waals surface area contributed by atoms with Gasteiger partial charge in [-0.1, -0.05) is 35.8 Å². The zero-order valence-corrected chi connectivity index (χ0v) is 16.1. The second-order valence-corrected chi connectivity index (χ2v) is 7.07. The average Bonchev–Trinajstić information content (AvgIpc) is 2.50. The van der Waals surface area contributed by atoms with Crippen LogP contribution in [0.15, 0.2) is 41.0 Å². The van der Waals surface area contributed by atoms with Gasteiger partial charge >= 0.3 is 0 Å². The SMILES string of the molecule is CCNC(Cc1ccc(CC)cn1)c1cc(Br)ccc1I. The summed E-state index contributed by atoms with van der Waals surface area (Å²) in [4.78, 5) is 4.60. The van der Waals surface area contributed by atoms with Gasteiger partial charge in [-0.05, 0) is 70.9 Å². The van der Waals surface area contributed by atoms with E-state index < -0.39 is 0 Å². The monoisotopic (exact) mass is 458 g/mol. The van der Waals surface area contributed by atoms with Crippen LogP contribution in [0.3, 0.4) is 0 Å². The van der Waals surface area contributed by atoms with Gasteiger partial charge in [-0.25, -0.2) is 0 Å². The number of benzene rings is 1. The summed E-state index contributed by atoms with van der Waals surface area (Å²) >= 11 is 5.98. The largest absolute Gasteiger partial charge is 0.310 e. The number of rotatable bonds is 6. The molecule has 21 heavy (non-hydrogen) atoms. The molecule has 2 rings (SSSR count). The van der Waals surface area contributed by atoms with Crippen LogP contribution in [0.1, 0.15) is 36.7 Å². The molecular weight excluding hydrogens is 439 g/mol. The Bertz CT molecular complexity index is 584. The van der Waals surface area contributed by atoms with Crippen LogP contribution in [0.25, 0.3) is 0 Å². The number of likely N-dealkylation sites (N-methyl/N-ethyl adjacent to an activating group) is 1. The predicted molar refractivity (Wildman–Crippen MR) is 101 cm³/mol. The van der Waals surface area contributed by atoms with Crippen LogP contribution in [0.2, 0.25) is 0 Å². The molecule has 2 nitrogen and oxygen atoms in total. The normalized spacial score (nSPS) is 12.4. The lowest BCUT2D eigenvalue weighted by Gasteiger charge is -2.20. The van der Waals surface area contributed by atoms with Crippen LogP contribution in [0.4, 0.5) is 0 Å². The highest BCUT2D eigenvalue weighted by Crippen LogP contribution is 2.26. The summed E-state index contributed by atoms with van der Waals surface area (Å²) in [5, 5.41) is 3.58.